The number of rotatable bonds is 5. The molecule has 110 valence electrons. The summed E-state index contributed by atoms with van der Waals surface area (Å²) in [7, 11) is 0. The molecule has 0 radical (unpaired) electrons. The normalized spacial score (nSPS) is 21.1. The van der Waals surface area contributed by atoms with Gasteiger partial charge in [0, 0.05) is 12.0 Å². The molecular formula is C16H22O4. The van der Waals surface area contributed by atoms with E-state index in [4.69, 9.17) is 9.84 Å². The van der Waals surface area contributed by atoms with Crippen molar-refractivity contribution in [2.24, 2.45) is 0 Å². The molecular weight excluding hydrogens is 256 g/mol. The molecule has 0 aromatic heterocycles. The molecule has 20 heavy (non-hydrogen) atoms. The first kappa shape index (κ1) is 14.7. The van der Waals surface area contributed by atoms with Gasteiger partial charge in [0.15, 0.2) is 0 Å². The molecule has 0 spiro atoms. The molecule has 0 saturated heterocycles. The number of carbonyl (C=O) groups is 1. The first-order valence-electron chi connectivity index (χ1n) is 7.20. The second-order valence-corrected chi connectivity index (χ2v) is 5.75. The van der Waals surface area contributed by atoms with E-state index in [0.29, 0.717) is 6.42 Å². The fourth-order valence-electron chi connectivity index (χ4n) is 2.73. The van der Waals surface area contributed by atoms with Gasteiger partial charge in [0.2, 0.25) is 0 Å². The van der Waals surface area contributed by atoms with E-state index in [1.165, 1.54) is 0 Å². The molecule has 2 N–H and O–H groups in total. The molecule has 1 aliphatic heterocycles. The first-order chi connectivity index (χ1) is 9.45. The number of carboxylic acid groups (broad SMARTS) is 1. The lowest BCUT2D eigenvalue weighted by Crippen LogP contribution is -2.37. The van der Waals surface area contributed by atoms with Crippen LogP contribution in [0.1, 0.15) is 50.7 Å². The van der Waals surface area contributed by atoms with Gasteiger partial charge < -0.3 is 14.9 Å². The number of fused-ring (bicyclic) bond motifs is 1. The monoisotopic (exact) mass is 278 g/mol. The summed E-state index contributed by atoms with van der Waals surface area (Å²) >= 11 is 0. The highest BCUT2D eigenvalue weighted by molar-refractivity contribution is 5.66. The number of hydrogen-bond acceptors (Lipinski definition) is 3. The second-order valence-electron chi connectivity index (χ2n) is 5.75. The molecule has 4 heteroatoms. The zero-order chi connectivity index (χ0) is 14.8. The van der Waals surface area contributed by atoms with E-state index in [2.05, 4.69) is 6.92 Å². The Kier molecular flexibility index (Phi) is 4.21. The maximum Gasteiger partial charge on any atom is 0.303 e. The molecule has 1 aliphatic rings. The summed E-state index contributed by atoms with van der Waals surface area (Å²) in [6, 6.07) is 3.63. The van der Waals surface area contributed by atoms with Crippen molar-refractivity contribution in [2.45, 2.75) is 58.0 Å². The summed E-state index contributed by atoms with van der Waals surface area (Å²) in [4.78, 5) is 10.8. The van der Waals surface area contributed by atoms with Crippen LogP contribution in [0.4, 0.5) is 0 Å². The van der Waals surface area contributed by atoms with Gasteiger partial charge in [-0.15, -0.1) is 0 Å². The fourth-order valence-corrected chi connectivity index (χ4v) is 2.73. The van der Waals surface area contributed by atoms with E-state index in [9.17, 15) is 9.90 Å². The van der Waals surface area contributed by atoms with Crippen molar-refractivity contribution in [3.8, 4) is 11.5 Å². The van der Waals surface area contributed by atoms with E-state index < -0.39 is 11.6 Å². The number of aromatic hydroxyl groups is 1. The average Bonchev–Trinajstić information content (AvgIpc) is 2.40. The largest absolute Gasteiger partial charge is 0.508 e. The minimum atomic E-state index is -0.801. The lowest BCUT2D eigenvalue weighted by Gasteiger charge is -2.37. The summed E-state index contributed by atoms with van der Waals surface area (Å²) in [6.45, 7) is 4.02. The van der Waals surface area contributed by atoms with Crippen LogP contribution < -0.4 is 4.74 Å². The summed E-state index contributed by atoms with van der Waals surface area (Å²) in [5.41, 5.74) is 1.51. The van der Waals surface area contributed by atoms with E-state index in [1.54, 1.807) is 6.07 Å². The minimum Gasteiger partial charge on any atom is -0.508 e. The number of ether oxygens (including phenoxy) is 1. The highest BCUT2D eigenvalue weighted by Crippen LogP contribution is 2.41. The fraction of sp³-hybridized carbons (Fsp3) is 0.562. The standard InChI is InChI=1S/C16H22O4/c1-3-4-12-13(17)6-5-11-7-9-16(2,20-15(11)12)10-8-14(18)19/h5-6,17H,3-4,7-10H2,1-2H3,(H,18,19). The predicted molar refractivity (Wildman–Crippen MR) is 76.3 cm³/mol. The second kappa shape index (κ2) is 5.73. The highest BCUT2D eigenvalue weighted by Gasteiger charge is 2.33. The van der Waals surface area contributed by atoms with E-state index in [-0.39, 0.29) is 12.2 Å². The molecule has 2 rings (SSSR count). The minimum absolute atomic E-state index is 0.105. The van der Waals surface area contributed by atoms with Crippen molar-refractivity contribution in [3.63, 3.8) is 0 Å². The Morgan fingerprint density at radius 1 is 1.45 bits per heavy atom. The van der Waals surface area contributed by atoms with Gasteiger partial charge in [0.1, 0.15) is 17.1 Å². The SMILES string of the molecule is CCCc1c(O)ccc2c1OC(C)(CCC(=O)O)CC2. The topological polar surface area (TPSA) is 66.8 Å². The van der Waals surface area contributed by atoms with Crippen molar-refractivity contribution in [1.82, 2.24) is 0 Å². The Morgan fingerprint density at radius 2 is 2.20 bits per heavy atom. The molecule has 0 bridgehead atoms. The Bertz CT molecular complexity index is 509. The zero-order valence-electron chi connectivity index (χ0n) is 12.1. The van der Waals surface area contributed by atoms with Crippen molar-refractivity contribution >= 4 is 5.97 Å². The molecule has 4 nitrogen and oxygen atoms in total. The number of aliphatic carboxylic acids is 1. The van der Waals surface area contributed by atoms with Crippen LogP contribution in [0.15, 0.2) is 12.1 Å². The Labute approximate surface area is 119 Å². The van der Waals surface area contributed by atoms with E-state index in [1.807, 2.05) is 13.0 Å². The van der Waals surface area contributed by atoms with Crippen molar-refractivity contribution in [2.75, 3.05) is 0 Å². The van der Waals surface area contributed by atoms with Gasteiger partial charge in [-0.3, -0.25) is 4.79 Å². The van der Waals surface area contributed by atoms with E-state index >= 15 is 0 Å². The molecule has 1 unspecified atom stereocenters. The predicted octanol–water partition coefficient (Wildman–Crippen LogP) is 3.29. The van der Waals surface area contributed by atoms with Gasteiger partial charge in [-0.05, 0) is 44.2 Å². The number of phenols is 1. The summed E-state index contributed by atoms with van der Waals surface area (Å²) in [5.74, 6) is 0.240. The van der Waals surface area contributed by atoms with E-state index in [0.717, 1.165) is 42.6 Å². The Morgan fingerprint density at radius 3 is 2.85 bits per heavy atom. The van der Waals surface area contributed by atoms with Crippen LogP contribution in [0.3, 0.4) is 0 Å². The Hall–Kier alpha value is -1.71. The number of hydrogen-bond donors (Lipinski definition) is 2. The van der Waals surface area contributed by atoms with Gasteiger partial charge in [-0.1, -0.05) is 19.4 Å². The van der Waals surface area contributed by atoms with Gasteiger partial charge in [0.25, 0.3) is 0 Å². The molecule has 0 amide bonds. The number of aryl methyl sites for hydroxylation is 1. The third-order valence-corrected chi connectivity index (χ3v) is 3.96. The number of phenolic OH excluding ortho intramolecular Hbond substituents is 1. The molecule has 1 atom stereocenters. The lowest BCUT2D eigenvalue weighted by atomic mass is 9.87. The van der Waals surface area contributed by atoms with Crippen molar-refractivity contribution < 1.29 is 19.7 Å². The van der Waals surface area contributed by atoms with Crippen LogP contribution in [-0.4, -0.2) is 21.8 Å². The summed E-state index contributed by atoms with van der Waals surface area (Å²) in [5, 5.41) is 18.9. The quantitative estimate of drug-likeness (QED) is 0.867. The van der Waals surface area contributed by atoms with Crippen molar-refractivity contribution in [1.29, 1.82) is 0 Å². The molecule has 0 aliphatic carbocycles. The maximum absolute atomic E-state index is 10.8. The van der Waals surface area contributed by atoms with Gasteiger partial charge >= 0.3 is 5.97 Å². The lowest BCUT2D eigenvalue weighted by molar-refractivity contribution is -0.138. The first-order valence-corrected chi connectivity index (χ1v) is 7.20. The van der Waals surface area contributed by atoms with Crippen LogP contribution in [0, 0.1) is 0 Å². The third kappa shape index (κ3) is 3.06. The average molecular weight is 278 g/mol. The number of carboxylic acids is 1. The molecule has 1 heterocycles. The summed E-state index contributed by atoms with van der Waals surface area (Å²) < 4.78 is 6.11. The van der Waals surface area contributed by atoms with Crippen LogP contribution in [0.2, 0.25) is 0 Å². The van der Waals surface area contributed by atoms with Crippen LogP contribution >= 0.6 is 0 Å². The Balaban J connectivity index is 2.27. The highest BCUT2D eigenvalue weighted by atomic mass is 16.5. The third-order valence-electron chi connectivity index (χ3n) is 3.96. The smallest absolute Gasteiger partial charge is 0.303 e. The maximum atomic E-state index is 10.8. The number of benzene rings is 1. The molecule has 1 aromatic rings. The molecule has 0 fully saturated rings. The van der Waals surface area contributed by atoms with Crippen LogP contribution in [0.5, 0.6) is 11.5 Å². The van der Waals surface area contributed by atoms with Gasteiger partial charge in [-0.2, -0.15) is 0 Å². The molecule has 1 aromatic carbocycles. The summed E-state index contributed by atoms with van der Waals surface area (Å²) in [6.07, 6.45) is 3.96. The van der Waals surface area contributed by atoms with Crippen molar-refractivity contribution in [3.05, 3.63) is 23.3 Å². The van der Waals surface area contributed by atoms with Crippen LogP contribution in [0.25, 0.3) is 0 Å². The zero-order valence-corrected chi connectivity index (χ0v) is 12.1. The molecule has 0 saturated carbocycles. The van der Waals surface area contributed by atoms with Gasteiger partial charge in [-0.25, -0.2) is 0 Å². The van der Waals surface area contributed by atoms with Crippen LogP contribution in [-0.2, 0) is 17.6 Å². The van der Waals surface area contributed by atoms with Gasteiger partial charge in [0.05, 0.1) is 0 Å².